The van der Waals surface area contributed by atoms with Crippen LogP contribution in [0, 0.1) is 6.92 Å². The number of nitrogens with zero attached hydrogens (tertiary/aromatic N) is 2. The molecule has 0 aliphatic rings. The molecule has 0 bridgehead atoms. The van der Waals surface area contributed by atoms with Crippen LogP contribution in [-0.4, -0.2) is 29.0 Å². The third kappa shape index (κ3) is 3.11. The van der Waals surface area contributed by atoms with E-state index < -0.39 is 0 Å². The van der Waals surface area contributed by atoms with E-state index in [-0.39, 0.29) is 11.7 Å². The molecule has 0 atom stereocenters. The molecule has 4 N–H and O–H groups in total. The molecule has 21 heavy (non-hydrogen) atoms. The van der Waals surface area contributed by atoms with Gasteiger partial charge in [0.2, 0.25) is 0 Å². The maximum atomic E-state index is 12.2. The molecule has 0 aliphatic carbocycles. The van der Waals surface area contributed by atoms with Crippen molar-refractivity contribution in [2.75, 3.05) is 12.4 Å². The molecule has 0 saturated heterocycles. The molecule has 1 aromatic heterocycles. The zero-order valence-electron chi connectivity index (χ0n) is 11.5. The highest BCUT2D eigenvalue weighted by molar-refractivity contribution is 7.13. The van der Waals surface area contributed by atoms with Gasteiger partial charge in [-0.25, -0.2) is 4.98 Å². The summed E-state index contributed by atoms with van der Waals surface area (Å²) < 4.78 is 5.20. The number of nitrogens with two attached hydrogens (primary N) is 1. The van der Waals surface area contributed by atoms with E-state index in [2.05, 4.69) is 15.5 Å². The molecule has 0 unspecified atom stereocenters. The number of carbonyl (C=O) groups excluding carboxylic acids is 1. The summed E-state index contributed by atoms with van der Waals surface area (Å²) in [6.45, 7) is 1.81. The number of amides is 1. The van der Waals surface area contributed by atoms with Crippen molar-refractivity contribution >= 4 is 28.8 Å². The minimum atomic E-state index is -0.336. The van der Waals surface area contributed by atoms with Crippen molar-refractivity contribution in [1.82, 2.24) is 4.98 Å². The lowest BCUT2D eigenvalue weighted by Gasteiger charge is -2.13. The van der Waals surface area contributed by atoms with Gasteiger partial charge in [0.15, 0.2) is 5.84 Å². The maximum absolute atomic E-state index is 12.2. The molecule has 7 nitrogen and oxygen atoms in total. The smallest absolute Gasteiger partial charge is 0.267 e. The molecule has 0 spiro atoms. The maximum Gasteiger partial charge on any atom is 0.267 e. The highest BCUT2D eigenvalue weighted by atomic mass is 32.1. The summed E-state index contributed by atoms with van der Waals surface area (Å²) in [5.74, 6) is -0.0459. The van der Waals surface area contributed by atoms with Gasteiger partial charge in [-0.2, -0.15) is 0 Å². The van der Waals surface area contributed by atoms with Crippen LogP contribution in [-0.2, 0) is 0 Å². The second-order valence-electron chi connectivity index (χ2n) is 4.07. The quantitative estimate of drug-likeness (QED) is 0.345. The lowest BCUT2D eigenvalue weighted by Crippen LogP contribution is -2.19. The fourth-order valence-electron chi connectivity index (χ4n) is 1.74. The summed E-state index contributed by atoms with van der Waals surface area (Å²) >= 11 is 1.27. The molecule has 1 heterocycles. The Morgan fingerprint density at radius 1 is 1.52 bits per heavy atom. The predicted octanol–water partition coefficient (Wildman–Crippen LogP) is 1.81. The summed E-state index contributed by atoms with van der Waals surface area (Å²) in [4.78, 5) is 16.7. The van der Waals surface area contributed by atoms with Crippen LogP contribution in [0.5, 0.6) is 5.75 Å². The van der Waals surface area contributed by atoms with E-state index in [0.29, 0.717) is 21.9 Å². The zero-order chi connectivity index (χ0) is 15.4. The molecule has 2 aromatic rings. The summed E-state index contributed by atoms with van der Waals surface area (Å²) in [6, 6.07) is 4.96. The number of hydrogen-bond acceptors (Lipinski definition) is 6. The second-order valence-corrected chi connectivity index (χ2v) is 5.30. The van der Waals surface area contributed by atoms with Gasteiger partial charge in [-0.05, 0) is 19.1 Å². The predicted molar refractivity (Wildman–Crippen MR) is 80.3 cm³/mol. The third-order valence-electron chi connectivity index (χ3n) is 2.71. The average Bonchev–Trinajstić information content (AvgIpc) is 2.93. The van der Waals surface area contributed by atoms with E-state index in [1.165, 1.54) is 24.6 Å². The van der Waals surface area contributed by atoms with Crippen LogP contribution >= 0.6 is 11.3 Å². The van der Waals surface area contributed by atoms with Crippen molar-refractivity contribution in [2.45, 2.75) is 6.92 Å². The number of oxime groups is 1. The number of hydrogen-bond donors (Lipinski definition) is 3. The summed E-state index contributed by atoms with van der Waals surface area (Å²) in [5, 5.41) is 15.3. The number of carbonyl (C=O) groups is 1. The number of para-hydroxylation sites is 1. The highest BCUT2D eigenvalue weighted by Crippen LogP contribution is 2.29. The number of ether oxygens (including phenoxy) is 1. The van der Waals surface area contributed by atoms with Gasteiger partial charge in [-0.3, -0.25) is 4.79 Å². The first-order chi connectivity index (χ1) is 10.1. The van der Waals surface area contributed by atoms with Gasteiger partial charge in [-0.15, -0.1) is 11.3 Å². The number of thiazole rings is 1. The Hall–Kier alpha value is -2.61. The Morgan fingerprint density at radius 2 is 2.29 bits per heavy atom. The van der Waals surface area contributed by atoms with Crippen LogP contribution in [0.4, 0.5) is 5.69 Å². The first kappa shape index (κ1) is 14.8. The lowest BCUT2D eigenvalue weighted by molar-refractivity contribution is 0.103. The van der Waals surface area contributed by atoms with Gasteiger partial charge < -0.3 is 21.0 Å². The molecular formula is C13H14N4O3S. The van der Waals surface area contributed by atoms with E-state index in [4.69, 9.17) is 15.7 Å². The van der Waals surface area contributed by atoms with Gasteiger partial charge >= 0.3 is 0 Å². The van der Waals surface area contributed by atoms with E-state index in [1.54, 1.807) is 18.2 Å². The molecular weight excluding hydrogens is 292 g/mol. The number of anilines is 1. The Labute approximate surface area is 125 Å². The molecule has 0 fully saturated rings. The zero-order valence-corrected chi connectivity index (χ0v) is 12.3. The van der Waals surface area contributed by atoms with Gasteiger partial charge in [0.05, 0.1) is 24.0 Å². The van der Waals surface area contributed by atoms with E-state index in [0.717, 1.165) is 5.01 Å². The molecule has 0 aliphatic heterocycles. The standard InChI is InChI=1S/C13H14N4O3S/c1-7-15-6-10(21-7)13(18)16-11-8(12(14)17-19)4-3-5-9(11)20-2/h3-6,19H,1-2H3,(H2,14,17)(H,16,18). The Bertz CT molecular complexity index is 696. The van der Waals surface area contributed by atoms with Crippen molar-refractivity contribution in [2.24, 2.45) is 10.9 Å². The van der Waals surface area contributed by atoms with Gasteiger partial charge in [0.25, 0.3) is 5.91 Å². The molecule has 1 aromatic carbocycles. The van der Waals surface area contributed by atoms with Gasteiger partial charge in [0.1, 0.15) is 10.6 Å². The third-order valence-corrected chi connectivity index (χ3v) is 3.62. The molecule has 1 amide bonds. The van der Waals surface area contributed by atoms with Crippen LogP contribution in [0.25, 0.3) is 0 Å². The monoisotopic (exact) mass is 306 g/mol. The first-order valence-electron chi connectivity index (χ1n) is 5.95. The van der Waals surface area contributed by atoms with Crippen molar-refractivity contribution in [3.05, 3.63) is 39.8 Å². The van der Waals surface area contributed by atoms with Crippen molar-refractivity contribution < 1.29 is 14.7 Å². The van der Waals surface area contributed by atoms with E-state index in [1.807, 2.05) is 6.92 Å². The van der Waals surface area contributed by atoms with E-state index >= 15 is 0 Å². The lowest BCUT2D eigenvalue weighted by atomic mass is 10.1. The summed E-state index contributed by atoms with van der Waals surface area (Å²) in [6.07, 6.45) is 1.49. The number of methoxy groups -OCH3 is 1. The number of nitrogens with one attached hydrogen (secondary N) is 1. The Morgan fingerprint density at radius 3 is 2.86 bits per heavy atom. The molecule has 0 radical (unpaired) electrons. The van der Waals surface area contributed by atoms with Crippen molar-refractivity contribution in [1.29, 1.82) is 0 Å². The number of aryl methyl sites for hydroxylation is 1. The van der Waals surface area contributed by atoms with Crippen LogP contribution in [0.2, 0.25) is 0 Å². The molecule has 110 valence electrons. The summed E-state index contributed by atoms with van der Waals surface area (Å²) in [7, 11) is 1.47. The van der Waals surface area contributed by atoms with Crippen LogP contribution in [0.15, 0.2) is 29.6 Å². The minimum absolute atomic E-state index is 0.121. The second kappa shape index (κ2) is 6.23. The van der Waals surface area contributed by atoms with Crippen LogP contribution < -0.4 is 15.8 Å². The first-order valence-corrected chi connectivity index (χ1v) is 6.77. The number of rotatable bonds is 4. The fourth-order valence-corrected chi connectivity index (χ4v) is 2.41. The van der Waals surface area contributed by atoms with E-state index in [9.17, 15) is 4.79 Å². The Kier molecular flexibility index (Phi) is 4.39. The SMILES string of the molecule is COc1cccc(/C(N)=N/O)c1NC(=O)c1cnc(C)s1. The Balaban J connectivity index is 2.40. The fraction of sp³-hybridized carbons (Fsp3) is 0.154. The van der Waals surface area contributed by atoms with Crippen molar-refractivity contribution in [3.63, 3.8) is 0 Å². The van der Waals surface area contributed by atoms with Crippen LogP contribution in [0.1, 0.15) is 20.2 Å². The average molecular weight is 306 g/mol. The number of amidine groups is 1. The highest BCUT2D eigenvalue weighted by Gasteiger charge is 2.17. The van der Waals surface area contributed by atoms with Crippen molar-refractivity contribution in [3.8, 4) is 5.75 Å². The normalized spacial score (nSPS) is 11.2. The minimum Gasteiger partial charge on any atom is -0.495 e. The number of benzene rings is 1. The molecule has 2 rings (SSSR count). The molecule has 8 heteroatoms. The topological polar surface area (TPSA) is 110 Å². The summed E-state index contributed by atoms with van der Waals surface area (Å²) in [5.41, 5.74) is 6.33. The number of aromatic nitrogens is 1. The largest absolute Gasteiger partial charge is 0.495 e. The van der Waals surface area contributed by atoms with Crippen LogP contribution in [0.3, 0.4) is 0 Å². The van der Waals surface area contributed by atoms with Gasteiger partial charge in [-0.1, -0.05) is 11.2 Å². The molecule has 0 saturated carbocycles. The van der Waals surface area contributed by atoms with Gasteiger partial charge in [0, 0.05) is 5.56 Å².